The van der Waals surface area contributed by atoms with Crippen molar-refractivity contribution in [3.05, 3.63) is 124 Å². The van der Waals surface area contributed by atoms with E-state index in [1.807, 2.05) is 35.2 Å². The van der Waals surface area contributed by atoms with Crippen LogP contribution < -0.4 is 20.4 Å². The topological polar surface area (TPSA) is 104 Å². The lowest BCUT2D eigenvalue weighted by molar-refractivity contribution is -0.000516. The Kier molecular flexibility index (Phi) is 8.80. The molecule has 1 spiro atoms. The van der Waals surface area contributed by atoms with Gasteiger partial charge in [0.15, 0.2) is 0 Å². The molecule has 2 fully saturated rings. The van der Waals surface area contributed by atoms with Crippen LogP contribution in [0.5, 0.6) is 0 Å². The number of halogens is 2. The summed E-state index contributed by atoms with van der Waals surface area (Å²) in [5.41, 5.74) is 4.42. The highest BCUT2D eigenvalue weighted by atomic mass is 32.1. The zero-order valence-corrected chi connectivity index (χ0v) is 29.2. The number of aryl methyl sites for hydroxylation is 1. The Hall–Kier alpha value is -5.46. The molecule has 3 amide bonds. The van der Waals surface area contributed by atoms with E-state index in [0.717, 1.165) is 61.3 Å². The SMILES string of the molecule is Cc1cccc(F)c1NC(=O)c1cc2c(s1)-c1ccccc1N(C(=O)c1ccc(NC(=O)c3cc(F)cnc3N3CC4(CCOCC4)C3)cc1)CC2. The minimum atomic E-state index is -0.597. The second-order valence-corrected chi connectivity index (χ2v) is 14.7. The summed E-state index contributed by atoms with van der Waals surface area (Å²) in [6.45, 7) is 5.03. The Morgan fingerprint density at radius 1 is 0.904 bits per heavy atom. The first-order valence-corrected chi connectivity index (χ1v) is 18.0. The maximum atomic E-state index is 14.4. The molecule has 0 atom stereocenters. The molecular weight excluding hydrogens is 685 g/mol. The van der Waals surface area contributed by atoms with Crippen LogP contribution in [0.2, 0.25) is 0 Å². The number of hydrogen-bond acceptors (Lipinski definition) is 7. The number of nitrogens with zero attached hydrogens (tertiary/aromatic N) is 3. The first-order valence-electron chi connectivity index (χ1n) is 17.2. The van der Waals surface area contributed by atoms with Gasteiger partial charge in [-0.2, -0.15) is 0 Å². The highest BCUT2D eigenvalue weighted by Crippen LogP contribution is 2.43. The van der Waals surface area contributed by atoms with Gasteiger partial charge in [-0.3, -0.25) is 14.4 Å². The Morgan fingerprint density at radius 3 is 2.44 bits per heavy atom. The van der Waals surface area contributed by atoms with E-state index in [4.69, 9.17) is 4.74 Å². The van der Waals surface area contributed by atoms with E-state index < -0.39 is 23.4 Å². The minimum Gasteiger partial charge on any atom is -0.381 e. The molecule has 0 saturated carbocycles. The standard InChI is InChI=1S/C40H35F2N5O4S/c1-24-5-4-7-31(42)34(24)45-38(49)33-19-26-13-16-47(32-8-3-2-6-29(32)35(26)52-33)39(50)25-9-11-28(12-10-25)44-37(48)30-20-27(41)21-43-36(30)46-22-40(23-46)14-17-51-18-15-40/h2-12,19-21H,13-18,22-23H2,1H3,(H,44,48)(H,45,49). The molecule has 2 N–H and O–H groups in total. The number of hydrogen-bond donors (Lipinski definition) is 2. The van der Waals surface area contributed by atoms with E-state index in [1.54, 1.807) is 48.2 Å². The van der Waals surface area contributed by atoms with Crippen molar-refractivity contribution >= 4 is 51.9 Å². The Balaban J connectivity index is 0.976. The Morgan fingerprint density at radius 2 is 1.67 bits per heavy atom. The monoisotopic (exact) mass is 719 g/mol. The van der Waals surface area contributed by atoms with Gasteiger partial charge in [-0.25, -0.2) is 13.8 Å². The zero-order chi connectivity index (χ0) is 36.0. The summed E-state index contributed by atoms with van der Waals surface area (Å²) in [5, 5.41) is 5.57. The number of carbonyl (C=O) groups excluding carboxylic acids is 3. The van der Waals surface area contributed by atoms with Crippen molar-refractivity contribution in [3.8, 4) is 10.4 Å². The highest BCUT2D eigenvalue weighted by Gasteiger charge is 2.45. The predicted octanol–water partition coefficient (Wildman–Crippen LogP) is 7.72. The molecule has 5 heterocycles. The van der Waals surface area contributed by atoms with E-state index in [-0.39, 0.29) is 22.6 Å². The van der Waals surface area contributed by atoms with Crippen molar-refractivity contribution in [1.82, 2.24) is 4.98 Å². The fraction of sp³-hybridized carbons (Fsp3) is 0.250. The van der Waals surface area contributed by atoms with E-state index in [1.165, 1.54) is 23.5 Å². The Bertz CT molecular complexity index is 2190. The van der Waals surface area contributed by atoms with Gasteiger partial charge >= 0.3 is 0 Å². The third kappa shape index (κ3) is 6.33. The molecule has 2 aromatic heterocycles. The number of rotatable bonds is 6. The third-order valence-electron chi connectivity index (χ3n) is 10.2. The molecule has 0 unspecified atom stereocenters. The predicted molar refractivity (Wildman–Crippen MR) is 198 cm³/mol. The van der Waals surface area contributed by atoms with Crippen LogP contribution in [0.3, 0.4) is 0 Å². The molecule has 5 aromatic rings. The number of ether oxygens (including phenoxy) is 1. The number of aromatic nitrogens is 1. The minimum absolute atomic E-state index is 0.146. The van der Waals surface area contributed by atoms with E-state index >= 15 is 0 Å². The molecule has 9 nitrogen and oxygen atoms in total. The van der Waals surface area contributed by atoms with Gasteiger partial charge in [0.1, 0.15) is 17.5 Å². The van der Waals surface area contributed by atoms with Gasteiger partial charge in [0.25, 0.3) is 17.7 Å². The van der Waals surface area contributed by atoms with Crippen molar-refractivity contribution < 1.29 is 27.9 Å². The summed E-state index contributed by atoms with van der Waals surface area (Å²) in [5.74, 6) is -1.74. The van der Waals surface area contributed by atoms with Crippen LogP contribution in [0.4, 0.5) is 31.7 Å². The number of pyridine rings is 1. The summed E-state index contributed by atoms with van der Waals surface area (Å²) in [6, 6.07) is 21.9. The summed E-state index contributed by atoms with van der Waals surface area (Å²) in [6.07, 6.45) is 3.54. The maximum absolute atomic E-state index is 14.4. The maximum Gasteiger partial charge on any atom is 0.265 e. The normalized spacial score (nSPS) is 16.0. The van der Waals surface area contributed by atoms with Gasteiger partial charge in [-0.1, -0.05) is 30.3 Å². The number of carbonyl (C=O) groups is 3. The largest absolute Gasteiger partial charge is 0.381 e. The fourth-order valence-electron chi connectivity index (χ4n) is 7.32. The van der Waals surface area contributed by atoms with E-state index in [0.29, 0.717) is 46.2 Å². The third-order valence-corrected chi connectivity index (χ3v) is 11.4. The Labute approximate surface area is 303 Å². The van der Waals surface area contributed by atoms with Gasteiger partial charge in [0.05, 0.1) is 28.0 Å². The molecule has 3 aliphatic heterocycles. The van der Waals surface area contributed by atoms with Gasteiger partial charge in [0, 0.05) is 60.0 Å². The van der Waals surface area contributed by atoms with Crippen molar-refractivity contribution in [1.29, 1.82) is 0 Å². The van der Waals surface area contributed by atoms with Gasteiger partial charge < -0.3 is 25.2 Å². The fourth-order valence-corrected chi connectivity index (χ4v) is 8.46. The van der Waals surface area contributed by atoms with Crippen LogP contribution >= 0.6 is 11.3 Å². The number of nitrogens with one attached hydrogen (secondary N) is 2. The molecular formula is C40H35F2N5O4S. The van der Waals surface area contributed by atoms with Gasteiger partial charge in [-0.15, -0.1) is 11.3 Å². The molecule has 0 aliphatic carbocycles. The molecule has 12 heteroatoms. The summed E-state index contributed by atoms with van der Waals surface area (Å²) < 4.78 is 34.3. The van der Waals surface area contributed by atoms with Crippen molar-refractivity contribution in [3.63, 3.8) is 0 Å². The summed E-state index contributed by atoms with van der Waals surface area (Å²) >= 11 is 1.31. The lowest BCUT2D eigenvalue weighted by Crippen LogP contribution is -2.59. The molecule has 264 valence electrons. The van der Waals surface area contributed by atoms with Gasteiger partial charge in [-0.05, 0) is 85.8 Å². The molecule has 2 saturated heterocycles. The first kappa shape index (κ1) is 33.7. The summed E-state index contributed by atoms with van der Waals surface area (Å²) in [7, 11) is 0. The average Bonchev–Trinajstić information content (AvgIpc) is 3.51. The van der Waals surface area contributed by atoms with Crippen LogP contribution in [-0.4, -0.2) is 55.6 Å². The van der Waals surface area contributed by atoms with Crippen LogP contribution in [-0.2, 0) is 11.2 Å². The quantitative estimate of drug-likeness (QED) is 0.186. The van der Waals surface area contributed by atoms with Crippen molar-refractivity contribution in [2.24, 2.45) is 5.41 Å². The van der Waals surface area contributed by atoms with Crippen LogP contribution in [0, 0.1) is 24.0 Å². The van der Waals surface area contributed by atoms with E-state index in [9.17, 15) is 23.2 Å². The average molecular weight is 720 g/mol. The molecule has 3 aliphatic rings. The second-order valence-electron chi connectivity index (χ2n) is 13.6. The number of benzene rings is 3. The first-order chi connectivity index (χ1) is 25.2. The summed E-state index contributed by atoms with van der Waals surface area (Å²) in [4.78, 5) is 50.0. The van der Waals surface area contributed by atoms with Crippen molar-refractivity contribution in [2.45, 2.75) is 26.2 Å². The van der Waals surface area contributed by atoms with Crippen LogP contribution in [0.25, 0.3) is 10.4 Å². The lowest BCUT2D eigenvalue weighted by atomic mass is 9.73. The number of anilines is 4. The van der Waals surface area contributed by atoms with Crippen LogP contribution in [0.15, 0.2) is 85.1 Å². The number of para-hydroxylation sites is 2. The number of amides is 3. The van der Waals surface area contributed by atoms with Crippen LogP contribution in [0.1, 0.15) is 54.4 Å². The molecule has 8 rings (SSSR count). The zero-order valence-electron chi connectivity index (χ0n) is 28.4. The second kappa shape index (κ2) is 13.6. The molecule has 0 radical (unpaired) electrons. The lowest BCUT2D eigenvalue weighted by Gasteiger charge is -2.53. The highest BCUT2D eigenvalue weighted by molar-refractivity contribution is 7.17. The number of fused-ring (bicyclic) bond motifs is 3. The van der Waals surface area contributed by atoms with E-state index in [2.05, 4.69) is 15.6 Å². The molecule has 3 aromatic carbocycles. The smallest absolute Gasteiger partial charge is 0.265 e. The molecule has 0 bridgehead atoms. The number of thiophene rings is 1. The molecule has 52 heavy (non-hydrogen) atoms. The van der Waals surface area contributed by atoms with Gasteiger partial charge in [0.2, 0.25) is 0 Å². The van der Waals surface area contributed by atoms with Crippen molar-refractivity contribution in [2.75, 3.05) is 53.3 Å².